The fourth-order valence-corrected chi connectivity index (χ4v) is 2.06. The summed E-state index contributed by atoms with van der Waals surface area (Å²) in [5.41, 5.74) is 1.62. The SMILES string of the molecule is O=C(c1ccccc1)[n+]1cccc2ccccc21.[Cl-]. The summed E-state index contributed by atoms with van der Waals surface area (Å²) in [7, 11) is 0. The van der Waals surface area contributed by atoms with Crippen molar-refractivity contribution in [2.24, 2.45) is 0 Å². The molecule has 94 valence electrons. The number of benzene rings is 2. The second kappa shape index (κ2) is 5.63. The van der Waals surface area contributed by atoms with Gasteiger partial charge in [-0.05, 0) is 24.3 Å². The van der Waals surface area contributed by atoms with Crippen molar-refractivity contribution in [3.63, 3.8) is 0 Å². The van der Waals surface area contributed by atoms with Crippen LogP contribution in [0.4, 0.5) is 0 Å². The number of nitrogens with zero attached hydrogens (tertiary/aromatic N) is 1. The predicted molar refractivity (Wildman–Crippen MR) is 70.3 cm³/mol. The summed E-state index contributed by atoms with van der Waals surface area (Å²) in [4.78, 5) is 12.4. The van der Waals surface area contributed by atoms with Crippen molar-refractivity contribution in [2.45, 2.75) is 0 Å². The van der Waals surface area contributed by atoms with Crippen molar-refractivity contribution in [2.75, 3.05) is 0 Å². The zero-order valence-corrected chi connectivity index (χ0v) is 10.9. The number of para-hydroxylation sites is 1. The van der Waals surface area contributed by atoms with Crippen molar-refractivity contribution in [1.82, 2.24) is 0 Å². The molecule has 0 unspecified atom stereocenters. The van der Waals surface area contributed by atoms with Gasteiger partial charge in [-0.3, -0.25) is 0 Å². The van der Waals surface area contributed by atoms with E-state index in [0.29, 0.717) is 5.56 Å². The van der Waals surface area contributed by atoms with Crippen LogP contribution in [-0.2, 0) is 0 Å². The van der Waals surface area contributed by atoms with Crippen LogP contribution in [0.5, 0.6) is 0 Å². The predicted octanol–water partition coefficient (Wildman–Crippen LogP) is -0.180. The van der Waals surface area contributed by atoms with E-state index in [2.05, 4.69) is 0 Å². The van der Waals surface area contributed by atoms with Crippen LogP contribution in [0.3, 0.4) is 0 Å². The molecule has 1 heterocycles. The summed E-state index contributed by atoms with van der Waals surface area (Å²) < 4.78 is 1.69. The number of hydrogen-bond donors (Lipinski definition) is 0. The van der Waals surface area contributed by atoms with E-state index in [1.165, 1.54) is 0 Å². The number of rotatable bonds is 1. The Bertz CT molecular complexity index is 705. The van der Waals surface area contributed by atoms with Crippen molar-refractivity contribution in [1.29, 1.82) is 0 Å². The maximum absolute atomic E-state index is 12.4. The summed E-state index contributed by atoms with van der Waals surface area (Å²) in [6.45, 7) is 0. The van der Waals surface area contributed by atoms with Gasteiger partial charge >= 0.3 is 5.91 Å². The second-order valence-corrected chi connectivity index (χ2v) is 4.11. The number of pyridine rings is 1. The minimum atomic E-state index is -0.00704. The summed E-state index contributed by atoms with van der Waals surface area (Å²) in [5, 5.41) is 1.06. The lowest BCUT2D eigenvalue weighted by molar-refractivity contribution is -0.542. The molecule has 0 atom stereocenters. The summed E-state index contributed by atoms with van der Waals surface area (Å²) in [5.74, 6) is -0.00704. The molecular formula is C16H12ClNO. The van der Waals surface area contributed by atoms with E-state index in [0.717, 1.165) is 10.9 Å². The Hall–Kier alpha value is -2.19. The number of aromatic nitrogens is 1. The molecule has 0 amide bonds. The lowest BCUT2D eigenvalue weighted by Gasteiger charge is -1.99. The van der Waals surface area contributed by atoms with E-state index in [9.17, 15) is 4.79 Å². The van der Waals surface area contributed by atoms with Gasteiger partial charge in [0.05, 0.1) is 5.56 Å². The summed E-state index contributed by atoms with van der Waals surface area (Å²) in [6.07, 6.45) is 1.80. The summed E-state index contributed by atoms with van der Waals surface area (Å²) in [6, 6.07) is 21.1. The largest absolute Gasteiger partial charge is 1.00 e. The standard InChI is InChI=1S/C16H12NO.ClH/c18-16(14-8-2-1-3-9-14)17-12-6-10-13-7-4-5-11-15(13)17;/h1-12H;1H/q+1;/p-1. The third-order valence-corrected chi connectivity index (χ3v) is 2.95. The molecule has 0 spiro atoms. The van der Waals surface area contributed by atoms with Gasteiger partial charge in [0.15, 0.2) is 6.20 Å². The average molecular weight is 270 g/mol. The number of carbonyl (C=O) groups is 1. The van der Waals surface area contributed by atoms with Gasteiger partial charge in [0.2, 0.25) is 5.52 Å². The van der Waals surface area contributed by atoms with Crippen LogP contribution in [0.15, 0.2) is 72.9 Å². The molecule has 0 aliphatic carbocycles. The molecule has 19 heavy (non-hydrogen) atoms. The zero-order chi connectivity index (χ0) is 12.4. The highest BCUT2D eigenvalue weighted by Crippen LogP contribution is 2.09. The van der Waals surface area contributed by atoms with E-state index in [-0.39, 0.29) is 18.3 Å². The molecular weight excluding hydrogens is 258 g/mol. The van der Waals surface area contributed by atoms with E-state index in [1.807, 2.05) is 66.7 Å². The van der Waals surface area contributed by atoms with Crippen molar-refractivity contribution >= 4 is 16.8 Å². The maximum Gasteiger partial charge on any atom is 0.425 e. The van der Waals surface area contributed by atoms with Gasteiger partial charge in [-0.15, -0.1) is 4.57 Å². The molecule has 0 fully saturated rings. The normalized spacial score (nSPS) is 9.89. The molecule has 0 radical (unpaired) electrons. The molecule has 2 nitrogen and oxygen atoms in total. The van der Waals surface area contributed by atoms with Crippen LogP contribution in [-0.4, -0.2) is 5.91 Å². The Balaban J connectivity index is 0.00000133. The van der Waals surface area contributed by atoms with Gasteiger partial charge in [-0.1, -0.05) is 30.3 Å². The number of hydrogen-bond acceptors (Lipinski definition) is 1. The monoisotopic (exact) mass is 269 g/mol. The molecule has 3 rings (SSSR count). The first kappa shape index (κ1) is 13.2. The number of halogens is 1. The Morgan fingerprint density at radius 3 is 2.21 bits per heavy atom. The smallest absolute Gasteiger partial charge is 0.425 e. The Labute approximate surface area is 117 Å². The van der Waals surface area contributed by atoms with Crippen LogP contribution < -0.4 is 17.0 Å². The first-order chi connectivity index (χ1) is 8.86. The van der Waals surface area contributed by atoms with E-state index >= 15 is 0 Å². The van der Waals surface area contributed by atoms with Crippen molar-refractivity contribution in [3.8, 4) is 0 Å². The molecule has 3 heteroatoms. The van der Waals surface area contributed by atoms with Gasteiger partial charge in [-0.25, -0.2) is 4.79 Å². The molecule has 0 aliphatic heterocycles. The lowest BCUT2D eigenvalue weighted by atomic mass is 10.1. The van der Waals surface area contributed by atoms with E-state index in [4.69, 9.17) is 0 Å². The lowest BCUT2D eigenvalue weighted by Crippen LogP contribution is -3.00. The molecule has 2 aromatic carbocycles. The molecule has 0 saturated heterocycles. The molecule has 1 aromatic heterocycles. The van der Waals surface area contributed by atoms with Crippen LogP contribution in [0.1, 0.15) is 10.4 Å². The van der Waals surface area contributed by atoms with E-state index in [1.54, 1.807) is 10.8 Å². The van der Waals surface area contributed by atoms with Gasteiger partial charge in [0, 0.05) is 17.5 Å². The zero-order valence-electron chi connectivity index (χ0n) is 10.2. The number of carbonyl (C=O) groups excluding carboxylic acids is 1. The molecule has 0 N–H and O–H groups in total. The van der Waals surface area contributed by atoms with Crippen LogP contribution in [0.2, 0.25) is 0 Å². The van der Waals surface area contributed by atoms with Gasteiger partial charge < -0.3 is 12.4 Å². The average Bonchev–Trinajstić information content (AvgIpc) is 2.47. The number of fused-ring (bicyclic) bond motifs is 1. The Morgan fingerprint density at radius 1 is 0.789 bits per heavy atom. The molecule has 0 aliphatic rings. The Kier molecular flexibility index (Phi) is 3.93. The third-order valence-electron chi connectivity index (χ3n) is 2.95. The fraction of sp³-hybridized carbons (Fsp3) is 0. The first-order valence-corrected chi connectivity index (χ1v) is 5.85. The maximum atomic E-state index is 12.4. The summed E-state index contributed by atoms with van der Waals surface area (Å²) >= 11 is 0. The van der Waals surface area contributed by atoms with Gasteiger partial charge in [0.1, 0.15) is 0 Å². The molecule has 0 saturated carbocycles. The highest BCUT2D eigenvalue weighted by atomic mass is 35.5. The van der Waals surface area contributed by atoms with Crippen LogP contribution in [0.25, 0.3) is 10.9 Å². The highest BCUT2D eigenvalue weighted by molar-refractivity contribution is 5.90. The van der Waals surface area contributed by atoms with Gasteiger partial charge in [0.25, 0.3) is 0 Å². The second-order valence-electron chi connectivity index (χ2n) is 4.11. The fourth-order valence-electron chi connectivity index (χ4n) is 2.06. The first-order valence-electron chi connectivity index (χ1n) is 5.85. The Morgan fingerprint density at radius 2 is 1.42 bits per heavy atom. The van der Waals surface area contributed by atoms with Crippen molar-refractivity contribution in [3.05, 3.63) is 78.5 Å². The van der Waals surface area contributed by atoms with Gasteiger partial charge in [-0.2, -0.15) is 0 Å². The molecule has 3 aromatic rings. The van der Waals surface area contributed by atoms with Crippen molar-refractivity contribution < 1.29 is 21.8 Å². The van der Waals surface area contributed by atoms with Crippen LogP contribution in [0, 0.1) is 0 Å². The molecule has 0 bridgehead atoms. The quantitative estimate of drug-likeness (QED) is 0.562. The third kappa shape index (κ3) is 2.49. The highest BCUT2D eigenvalue weighted by Gasteiger charge is 2.19. The van der Waals surface area contributed by atoms with E-state index < -0.39 is 0 Å². The minimum absolute atomic E-state index is 0. The van der Waals surface area contributed by atoms with Crippen LogP contribution >= 0.6 is 0 Å². The minimum Gasteiger partial charge on any atom is -1.00 e. The topological polar surface area (TPSA) is 20.9 Å².